The molecule has 0 unspecified atom stereocenters. The first kappa shape index (κ1) is 13.6. The van der Waals surface area contributed by atoms with Crippen molar-refractivity contribution >= 4 is 34.6 Å². The highest BCUT2D eigenvalue weighted by Gasteiger charge is 2.04. The largest absolute Gasteiger partial charge is 0.380 e. The van der Waals surface area contributed by atoms with E-state index in [9.17, 15) is 10.1 Å². The molecule has 0 saturated carbocycles. The van der Waals surface area contributed by atoms with Crippen LogP contribution in [0, 0.1) is 10.1 Å². The zero-order chi connectivity index (χ0) is 13.8. The maximum Gasteiger partial charge on any atom is 0.269 e. The van der Waals surface area contributed by atoms with E-state index in [-0.39, 0.29) is 5.69 Å². The van der Waals surface area contributed by atoms with Crippen LogP contribution in [0.5, 0.6) is 0 Å². The standard InChI is InChI=1S/C13H10Cl2N2O2/c14-10-3-6-13(12(15)7-10)16-8-9-1-4-11(5-2-9)17(18)19/h1-7,16H,8H2. The molecule has 0 aliphatic heterocycles. The highest BCUT2D eigenvalue weighted by atomic mass is 35.5. The van der Waals surface area contributed by atoms with Crippen molar-refractivity contribution in [1.29, 1.82) is 0 Å². The van der Waals surface area contributed by atoms with Gasteiger partial charge in [-0.2, -0.15) is 0 Å². The highest BCUT2D eigenvalue weighted by Crippen LogP contribution is 2.25. The number of nitrogens with zero attached hydrogens (tertiary/aromatic N) is 1. The van der Waals surface area contributed by atoms with Crippen molar-refractivity contribution in [2.24, 2.45) is 0 Å². The number of nitro groups is 1. The minimum absolute atomic E-state index is 0.0771. The first-order valence-electron chi connectivity index (χ1n) is 5.48. The lowest BCUT2D eigenvalue weighted by Gasteiger charge is -2.08. The van der Waals surface area contributed by atoms with Crippen molar-refractivity contribution in [2.45, 2.75) is 6.54 Å². The molecule has 0 amide bonds. The van der Waals surface area contributed by atoms with E-state index in [0.29, 0.717) is 16.6 Å². The van der Waals surface area contributed by atoms with Gasteiger partial charge >= 0.3 is 0 Å². The minimum Gasteiger partial charge on any atom is -0.380 e. The van der Waals surface area contributed by atoms with Gasteiger partial charge in [0.1, 0.15) is 0 Å². The van der Waals surface area contributed by atoms with Gasteiger partial charge in [-0.1, -0.05) is 35.3 Å². The summed E-state index contributed by atoms with van der Waals surface area (Å²) in [7, 11) is 0. The molecule has 0 aliphatic rings. The molecule has 0 fully saturated rings. The lowest BCUT2D eigenvalue weighted by Crippen LogP contribution is -2.00. The molecule has 19 heavy (non-hydrogen) atoms. The topological polar surface area (TPSA) is 55.2 Å². The Kier molecular flexibility index (Phi) is 4.24. The van der Waals surface area contributed by atoms with E-state index in [1.807, 2.05) is 0 Å². The lowest BCUT2D eigenvalue weighted by atomic mass is 10.2. The maximum absolute atomic E-state index is 10.5. The predicted octanol–water partition coefficient (Wildman–Crippen LogP) is 4.51. The Labute approximate surface area is 120 Å². The number of non-ortho nitro benzene ring substituents is 1. The monoisotopic (exact) mass is 296 g/mol. The smallest absolute Gasteiger partial charge is 0.269 e. The number of nitro benzene ring substituents is 1. The Bertz CT molecular complexity index is 600. The molecule has 2 aromatic carbocycles. The summed E-state index contributed by atoms with van der Waals surface area (Å²) in [6.07, 6.45) is 0. The molecular formula is C13H10Cl2N2O2. The fraction of sp³-hybridized carbons (Fsp3) is 0.0769. The number of hydrogen-bond donors (Lipinski definition) is 1. The molecule has 4 nitrogen and oxygen atoms in total. The zero-order valence-electron chi connectivity index (χ0n) is 9.77. The van der Waals surface area contributed by atoms with Crippen molar-refractivity contribution in [3.63, 3.8) is 0 Å². The van der Waals surface area contributed by atoms with E-state index >= 15 is 0 Å². The van der Waals surface area contributed by atoms with Crippen LogP contribution in [-0.2, 0) is 6.54 Å². The van der Waals surface area contributed by atoms with Gasteiger partial charge in [0.2, 0.25) is 0 Å². The molecule has 0 aromatic heterocycles. The number of benzene rings is 2. The number of hydrogen-bond acceptors (Lipinski definition) is 3. The van der Waals surface area contributed by atoms with Crippen LogP contribution in [0.1, 0.15) is 5.56 Å². The van der Waals surface area contributed by atoms with Crippen LogP contribution in [0.2, 0.25) is 10.0 Å². The van der Waals surface area contributed by atoms with Crippen LogP contribution in [0.25, 0.3) is 0 Å². The van der Waals surface area contributed by atoms with E-state index in [4.69, 9.17) is 23.2 Å². The summed E-state index contributed by atoms with van der Waals surface area (Å²) < 4.78 is 0. The van der Waals surface area contributed by atoms with E-state index in [1.165, 1.54) is 12.1 Å². The van der Waals surface area contributed by atoms with Gasteiger partial charge in [-0.25, -0.2) is 0 Å². The second kappa shape index (κ2) is 5.91. The van der Waals surface area contributed by atoms with Crippen molar-refractivity contribution < 1.29 is 4.92 Å². The molecule has 0 bridgehead atoms. The third-order valence-electron chi connectivity index (χ3n) is 2.56. The zero-order valence-corrected chi connectivity index (χ0v) is 11.3. The van der Waals surface area contributed by atoms with E-state index in [1.54, 1.807) is 30.3 Å². The lowest BCUT2D eigenvalue weighted by molar-refractivity contribution is -0.384. The van der Waals surface area contributed by atoms with Crippen molar-refractivity contribution in [1.82, 2.24) is 0 Å². The van der Waals surface area contributed by atoms with Gasteiger partial charge in [-0.15, -0.1) is 0 Å². The molecule has 0 spiro atoms. The third-order valence-corrected chi connectivity index (χ3v) is 3.11. The van der Waals surface area contributed by atoms with Crippen LogP contribution in [0.15, 0.2) is 42.5 Å². The van der Waals surface area contributed by atoms with E-state index in [2.05, 4.69) is 5.32 Å². The molecule has 1 N–H and O–H groups in total. The Hall–Kier alpha value is -1.78. The van der Waals surface area contributed by atoms with Gasteiger partial charge in [-0.3, -0.25) is 10.1 Å². The van der Waals surface area contributed by atoms with E-state index in [0.717, 1.165) is 11.3 Å². The minimum atomic E-state index is -0.423. The second-order valence-electron chi connectivity index (χ2n) is 3.90. The number of anilines is 1. The second-order valence-corrected chi connectivity index (χ2v) is 4.74. The molecule has 0 radical (unpaired) electrons. The average molecular weight is 297 g/mol. The summed E-state index contributed by atoms with van der Waals surface area (Å²) >= 11 is 11.8. The van der Waals surface area contributed by atoms with Gasteiger partial charge in [0.15, 0.2) is 0 Å². The Morgan fingerprint density at radius 3 is 2.37 bits per heavy atom. The summed E-state index contributed by atoms with van der Waals surface area (Å²) in [5, 5.41) is 14.8. The maximum atomic E-state index is 10.5. The molecule has 2 rings (SSSR count). The first-order chi connectivity index (χ1) is 9.06. The molecule has 98 valence electrons. The quantitative estimate of drug-likeness (QED) is 0.667. The summed E-state index contributed by atoms with van der Waals surface area (Å²) in [6.45, 7) is 0.527. The Balaban J connectivity index is 2.04. The molecule has 6 heteroatoms. The van der Waals surface area contributed by atoms with Gasteiger partial charge < -0.3 is 5.32 Å². The van der Waals surface area contributed by atoms with Crippen LogP contribution in [0.4, 0.5) is 11.4 Å². The number of halogens is 2. The van der Waals surface area contributed by atoms with Crippen LogP contribution in [0.3, 0.4) is 0 Å². The van der Waals surface area contributed by atoms with Crippen molar-refractivity contribution in [3.8, 4) is 0 Å². The average Bonchev–Trinajstić information content (AvgIpc) is 2.38. The number of rotatable bonds is 4. The predicted molar refractivity (Wildman–Crippen MR) is 76.9 cm³/mol. The summed E-state index contributed by atoms with van der Waals surface area (Å²) in [5.74, 6) is 0. The molecule has 2 aromatic rings. The Morgan fingerprint density at radius 1 is 1.11 bits per heavy atom. The third kappa shape index (κ3) is 3.59. The molecule has 0 atom stereocenters. The molecular weight excluding hydrogens is 287 g/mol. The SMILES string of the molecule is O=[N+]([O-])c1ccc(CNc2ccc(Cl)cc2Cl)cc1. The van der Waals surface area contributed by atoms with Crippen molar-refractivity contribution in [2.75, 3.05) is 5.32 Å². The van der Waals surface area contributed by atoms with Gasteiger partial charge in [0, 0.05) is 23.7 Å². The summed E-state index contributed by atoms with van der Waals surface area (Å²) in [5.41, 5.74) is 1.77. The van der Waals surface area contributed by atoms with Crippen LogP contribution in [-0.4, -0.2) is 4.92 Å². The van der Waals surface area contributed by atoms with Gasteiger partial charge in [-0.05, 0) is 23.8 Å². The van der Waals surface area contributed by atoms with Gasteiger partial charge in [0.25, 0.3) is 5.69 Å². The highest BCUT2D eigenvalue weighted by molar-refractivity contribution is 6.36. The van der Waals surface area contributed by atoms with Crippen LogP contribution >= 0.6 is 23.2 Å². The fourth-order valence-corrected chi connectivity index (χ4v) is 2.04. The van der Waals surface area contributed by atoms with E-state index < -0.39 is 4.92 Å². The summed E-state index contributed by atoms with van der Waals surface area (Å²) in [6, 6.07) is 11.5. The molecule has 0 heterocycles. The molecule has 0 saturated heterocycles. The summed E-state index contributed by atoms with van der Waals surface area (Å²) in [4.78, 5) is 10.1. The number of nitrogens with one attached hydrogen (secondary N) is 1. The molecule has 0 aliphatic carbocycles. The van der Waals surface area contributed by atoms with Gasteiger partial charge in [0.05, 0.1) is 15.6 Å². The van der Waals surface area contributed by atoms with Crippen LogP contribution < -0.4 is 5.32 Å². The van der Waals surface area contributed by atoms with Crippen molar-refractivity contribution in [3.05, 3.63) is 68.2 Å². The fourth-order valence-electron chi connectivity index (χ4n) is 1.57. The normalized spacial score (nSPS) is 10.2. The first-order valence-corrected chi connectivity index (χ1v) is 6.24. The Morgan fingerprint density at radius 2 is 1.79 bits per heavy atom.